The number of nitrogens with zero attached hydrogens (tertiary/aromatic N) is 1. The molecule has 5 nitrogen and oxygen atoms in total. The number of carbonyl (C=O) groups is 2. The van der Waals surface area contributed by atoms with Crippen LogP contribution >= 0.6 is 11.6 Å². The van der Waals surface area contributed by atoms with E-state index >= 15 is 0 Å². The van der Waals surface area contributed by atoms with E-state index in [4.69, 9.17) is 11.6 Å². The van der Waals surface area contributed by atoms with E-state index in [-0.39, 0.29) is 11.5 Å². The van der Waals surface area contributed by atoms with Gasteiger partial charge in [0.2, 0.25) is 5.91 Å². The molecule has 0 aliphatic rings. The highest BCUT2D eigenvalue weighted by Crippen LogP contribution is 2.12. The first kappa shape index (κ1) is 17.9. The Balaban J connectivity index is 2.07. The summed E-state index contributed by atoms with van der Waals surface area (Å²) in [6.45, 7) is 3.62. The van der Waals surface area contributed by atoms with E-state index < -0.39 is 23.7 Å². The second-order valence-corrected chi connectivity index (χ2v) is 5.99. The van der Waals surface area contributed by atoms with Gasteiger partial charge in [0.15, 0.2) is 0 Å². The molecule has 2 N–H and O–H groups in total. The first-order chi connectivity index (χ1) is 11.4. The van der Waals surface area contributed by atoms with Gasteiger partial charge in [0.1, 0.15) is 17.7 Å². The summed E-state index contributed by atoms with van der Waals surface area (Å²) in [6, 6.07) is 7.51. The van der Waals surface area contributed by atoms with Gasteiger partial charge in [0.05, 0.1) is 5.02 Å². The predicted molar refractivity (Wildman–Crippen MR) is 90.4 cm³/mol. The van der Waals surface area contributed by atoms with Crippen molar-refractivity contribution in [3.05, 3.63) is 59.0 Å². The van der Waals surface area contributed by atoms with E-state index in [2.05, 4.69) is 15.6 Å². The molecular formula is C17H17ClFN3O2. The van der Waals surface area contributed by atoms with Gasteiger partial charge >= 0.3 is 0 Å². The molecule has 0 aliphatic heterocycles. The standard InChI is InChI=1S/C17H17ClFN3O2/c1-10(2)15(17(24)21-14-8-5-12(18)9-20-14)22-16(23)11-3-6-13(19)7-4-11/h3-10,15H,1-2H3,(H,22,23)(H,20,21,24)/t15-/m1/s1. The smallest absolute Gasteiger partial charge is 0.251 e. The number of hydrogen-bond donors (Lipinski definition) is 2. The van der Waals surface area contributed by atoms with E-state index in [9.17, 15) is 14.0 Å². The normalized spacial score (nSPS) is 11.9. The molecule has 2 amide bonds. The Morgan fingerprint density at radius 2 is 1.79 bits per heavy atom. The first-order valence-electron chi connectivity index (χ1n) is 7.35. The molecule has 126 valence electrons. The Kier molecular flexibility index (Phi) is 5.87. The van der Waals surface area contributed by atoms with Crippen molar-refractivity contribution in [2.24, 2.45) is 5.92 Å². The number of carbonyl (C=O) groups excluding carboxylic acids is 2. The maximum absolute atomic E-state index is 12.9. The van der Waals surface area contributed by atoms with E-state index in [1.807, 2.05) is 13.8 Å². The maximum Gasteiger partial charge on any atom is 0.251 e. The zero-order valence-electron chi connectivity index (χ0n) is 13.2. The fourth-order valence-corrected chi connectivity index (χ4v) is 2.13. The Bertz CT molecular complexity index is 718. The minimum atomic E-state index is -0.764. The van der Waals surface area contributed by atoms with Gasteiger partial charge in [-0.25, -0.2) is 9.37 Å². The van der Waals surface area contributed by atoms with Gasteiger partial charge < -0.3 is 10.6 Å². The van der Waals surface area contributed by atoms with Crippen LogP contribution in [0.2, 0.25) is 5.02 Å². The number of amides is 2. The van der Waals surface area contributed by atoms with Crippen LogP contribution in [0.5, 0.6) is 0 Å². The lowest BCUT2D eigenvalue weighted by Gasteiger charge is -2.21. The van der Waals surface area contributed by atoms with E-state index in [1.54, 1.807) is 12.1 Å². The van der Waals surface area contributed by atoms with Crippen LogP contribution in [0.3, 0.4) is 0 Å². The lowest BCUT2D eigenvalue weighted by atomic mass is 10.0. The Morgan fingerprint density at radius 3 is 2.33 bits per heavy atom. The third-order valence-electron chi connectivity index (χ3n) is 3.32. The van der Waals surface area contributed by atoms with Crippen molar-refractivity contribution < 1.29 is 14.0 Å². The van der Waals surface area contributed by atoms with Gasteiger partial charge in [-0.05, 0) is 42.3 Å². The molecule has 0 aliphatic carbocycles. The van der Waals surface area contributed by atoms with Crippen LogP contribution in [-0.4, -0.2) is 22.8 Å². The summed E-state index contributed by atoms with van der Waals surface area (Å²) >= 11 is 5.75. The van der Waals surface area contributed by atoms with Crippen LogP contribution in [-0.2, 0) is 4.79 Å². The Hall–Kier alpha value is -2.47. The van der Waals surface area contributed by atoms with Crippen LogP contribution in [0.15, 0.2) is 42.6 Å². The highest BCUT2D eigenvalue weighted by atomic mass is 35.5. The molecule has 0 radical (unpaired) electrons. The van der Waals surface area contributed by atoms with Crippen LogP contribution in [0.1, 0.15) is 24.2 Å². The SMILES string of the molecule is CC(C)[C@@H](NC(=O)c1ccc(F)cc1)C(=O)Nc1ccc(Cl)cn1. The van der Waals surface area contributed by atoms with Crippen molar-refractivity contribution in [1.29, 1.82) is 0 Å². The van der Waals surface area contributed by atoms with Crippen LogP contribution in [0.25, 0.3) is 0 Å². The van der Waals surface area contributed by atoms with Gasteiger partial charge in [-0.15, -0.1) is 0 Å². The van der Waals surface area contributed by atoms with E-state index in [1.165, 1.54) is 30.5 Å². The number of nitrogens with one attached hydrogen (secondary N) is 2. The van der Waals surface area contributed by atoms with Gasteiger partial charge in [-0.3, -0.25) is 9.59 Å². The number of halogens is 2. The number of rotatable bonds is 5. The summed E-state index contributed by atoms with van der Waals surface area (Å²) < 4.78 is 12.9. The molecule has 0 unspecified atom stereocenters. The molecule has 0 bridgehead atoms. The van der Waals surface area contributed by atoms with Gasteiger partial charge in [-0.1, -0.05) is 25.4 Å². The fraction of sp³-hybridized carbons (Fsp3) is 0.235. The molecule has 0 saturated carbocycles. The number of benzene rings is 1. The second-order valence-electron chi connectivity index (χ2n) is 5.55. The summed E-state index contributed by atoms with van der Waals surface area (Å²) in [5.74, 6) is -1.09. The Morgan fingerprint density at radius 1 is 1.12 bits per heavy atom. The molecule has 2 aromatic rings. The summed E-state index contributed by atoms with van der Waals surface area (Å²) in [6.07, 6.45) is 1.42. The lowest BCUT2D eigenvalue weighted by Crippen LogP contribution is -2.47. The van der Waals surface area contributed by atoms with Crippen molar-refractivity contribution in [1.82, 2.24) is 10.3 Å². The minimum absolute atomic E-state index is 0.151. The molecule has 0 saturated heterocycles. The highest BCUT2D eigenvalue weighted by Gasteiger charge is 2.25. The molecule has 1 heterocycles. The molecule has 1 aromatic heterocycles. The molecule has 0 spiro atoms. The Labute approximate surface area is 144 Å². The summed E-state index contributed by atoms with van der Waals surface area (Å²) in [5, 5.41) is 5.75. The van der Waals surface area contributed by atoms with Crippen LogP contribution < -0.4 is 10.6 Å². The average Bonchev–Trinajstić information content (AvgIpc) is 2.54. The molecule has 7 heteroatoms. The first-order valence-corrected chi connectivity index (χ1v) is 7.73. The largest absolute Gasteiger partial charge is 0.340 e. The summed E-state index contributed by atoms with van der Waals surface area (Å²) in [4.78, 5) is 28.6. The minimum Gasteiger partial charge on any atom is -0.340 e. The molecule has 1 atom stereocenters. The highest BCUT2D eigenvalue weighted by molar-refractivity contribution is 6.30. The van der Waals surface area contributed by atoms with Crippen molar-refractivity contribution in [3.63, 3.8) is 0 Å². The number of anilines is 1. The zero-order valence-corrected chi connectivity index (χ0v) is 14.0. The monoisotopic (exact) mass is 349 g/mol. The second kappa shape index (κ2) is 7.88. The van der Waals surface area contributed by atoms with Crippen molar-refractivity contribution in [2.45, 2.75) is 19.9 Å². The van der Waals surface area contributed by atoms with Crippen molar-refractivity contribution in [3.8, 4) is 0 Å². The number of hydrogen-bond acceptors (Lipinski definition) is 3. The molecule has 2 rings (SSSR count). The van der Waals surface area contributed by atoms with Gasteiger partial charge in [-0.2, -0.15) is 0 Å². The predicted octanol–water partition coefficient (Wildman–Crippen LogP) is 3.27. The number of pyridine rings is 1. The van der Waals surface area contributed by atoms with Crippen molar-refractivity contribution >= 4 is 29.2 Å². The van der Waals surface area contributed by atoms with E-state index in [0.717, 1.165) is 0 Å². The van der Waals surface area contributed by atoms with Gasteiger partial charge in [0, 0.05) is 11.8 Å². The van der Waals surface area contributed by atoms with E-state index in [0.29, 0.717) is 10.8 Å². The summed E-state index contributed by atoms with van der Waals surface area (Å²) in [5.41, 5.74) is 0.277. The quantitative estimate of drug-likeness (QED) is 0.870. The molecule has 24 heavy (non-hydrogen) atoms. The topological polar surface area (TPSA) is 71.1 Å². The van der Waals surface area contributed by atoms with Gasteiger partial charge in [0.25, 0.3) is 5.91 Å². The molecule has 1 aromatic carbocycles. The molecular weight excluding hydrogens is 333 g/mol. The van der Waals surface area contributed by atoms with Crippen LogP contribution in [0, 0.1) is 11.7 Å². The third-order valence-corrected chi connectivity index (χ3v) is 3.54. The van der Waals surface area contributed by atoms with Crippen LogP contribution in [0.4, 0.5) is 10.2 Å². The maximum atomic E-state index is 12.9. The lowest BCUT2D eigenvalue weighted by molar-refractivity contribution is -0.118. The average molecular weight is 350 g/mol. The third kappa shape index (κ3) is 4.76. The number of aromatic nitrogens is 1. The fourth-order valence-electron chi connectivity index (χ4n) is 2.01. The molecule has 0 fully saturated rings. The zero-order chi connectivity index (χ0) is 17.7. The summed E-state index contributed by atoms with van der Waals surface area (Å²) in [7, 11) is 0. The van der Waals surface area contributed by atoms with Crippen molar-refractivity contribution in [2.75, 3.05) is 5.32 Å².